The number of esters is 1. The first-order chi connectivity index (χ1) is 13.0. The Morgan fingerprint density at radius 1 is 1.44 bits per heavy atom. The highest BCUT2D eigenvalue weighted by Gasteiger charge is 2.37. The molecule has 27 heavy (non-hydrogen) atoms. The quantitative estimate of drug-likeness (QED) is 0.775. The van der Waals surface area contributed by atoms with Gasteiger partial charge in [0.2, 0.25) is 11.8 Å². The number of nitriles is 1. The third-order valence-corrected chi connectivity index (χ3v) is 4.16. The summed E-state index contributed by atoms with van der Waals surface area (Å²) < 4.78 is 16.2. The van der Waals surface area contributed by atoms with Crippen LogP contribution in [0.25, 0.3) is 0 Å². The molecule has 0 amide bonds. The highest BCUT2D eigenvalue weighted by atomic mass is 16.5. The predicted octanol–water partition coefficient (Wildman–Crippen LogP) is 2.13. The molecule has 3 rings (SSSR count). The molecular formula is C19H20N4O4. The van der Waals surface area contributed by atoms with E-state index >= 15 is 0 Å². The van der Waals surface area contributed by atoms with E-state index in [-0.39, 0.29) is 29.9 Å². The van der Waals surface area contributed by atoms with Gasteiger partial charge in [0.05, 0.1) is 36.8 Å². The number of carbonyl (C=O) groups is 1. The van der Waals surface area contributed by atoms with Crippen LogP contribution in [0.4, 0.5) is 0 Å². The van der Waals surface area contributed by atoms with Gasteiger partial charge >= 0.3 is 5.97 Å². The van der Waals surface area contributed by atoms with Crippen LogP contribution >= 0.6 is 0 Å². The van der Waals surface area contributed by atoms with Crippen molar-refractivity contribution < 1.29 is 19.0 Å². The molecule has 0 fully saturated rings. The zero-order valence-electron chi connectivity index (χ0n) is 15.3. The maximum atomic E-state index is 11.8. The number of rotatable bonds is 5. The second-order valence-corrected chi connectivity index (χ2v) is 6.30. The zero-order chi connectivity index (χ0) is 19.6. The molecule has 0 saturated carbocycles. The SMILES string of the molecule is COC(=O)Cc1[nH]nc2c1[C@@H](c1ccccc1OC(C)C)C(C#N)=C(N)O2. The minimum atomic E-state index is -0.577. The Morgan fingerprint density at radius 3 is 2.85 bits per heavy atom. The minimum absolute atomic E-state index is 0.0227. The number of aromatic amines is 1. The van der Waals surface area contributed by atoms with Crippen molar-refractivity contribution in [2.24, 2.45) is 5.73 Å². The predicted molar refractivity (Wildman–Crippen MR) is 95.8 cm³/mol. The minimum Gasteiger partial charge on any atom is -0.491 e. The number of aromatic nitrogens is 2. The van der Waals surface area contributed by atoms with Gasteiger partial charge in [-0.1, -0.05) is 18.2 Å². The maximum absolute atomic E-state index is 11.8. The molecule has 3 N–H and O–H groups in total. The molecule has 0 aliphatic carbocycles. The maximum Gasteiger partial charge on any atom is 0.311 e. The number of para-hydroxylation sites is 1. The smallest absolute Gasteiger partial charge is 0.311 e. The van der Waals surface area contributed by atoms with E-state index in [1.165, 1.54) is 7.11 Å². The van der Waals surface area contributed by atoms with Gasteiger partial charge in [0.25, 0.3) is 0 Å². The number of H-pyrrole nitrogens is 1. The van der Waals surface area contributed by atoms with E-state index in [0.717, 1.165) is 5.56 Å². The molecule has 2 aromatic rings. The Bertz CT molecular complexity index is 939. The van der Waals surface area contributed by atoms with Gasteiger partial charge in [-0.05, 0) is 19.9 Å². The number of nitrogens with one attached hydrogen (secondary N) is 1. The monoisotopic (exact) mass is 368 g/mol. The third-order valence-electron chi connectivity index (χ3n) is 4.16. The van der Waals surface area contributed by atoms with E-state index in [2.05, 4.69) is 16.3 Å². The van der Waals surface area contributed by atoms with Crippen LogP contribution in [0, 0.1) is 11.3 Å². The van der Waals surface area contributed by atoms with Crippen LogP contribution in [-0.4, -0.2) is 29.4 Å². The Labute approximate surface area is 156 Å². The molecule has 140 valence electrons. The first-order valence-corrected chi connectivity index (χ1v) is 8.43. The molecule has 2 heterocycles. The number of benzene rings is 1. The molecule has 0 radical (unpaired) electrons. The molecule has 8 heteroatoms. The van der Waals surface area contributed by atoms with Crippen molar-refractivity contribution in [3.8, 4) is 17.7 Å². The van der Waals surface area contributed by atoms with Gasteiger partial charge in [-0.15, -0.1) is 5.10 Å². The van der Waals surface area contributed by atoms with E-state index in [4.69, 9.17) is 19.9 Å². The van der Waals surface area contributed by atoms with Crippen LogP contribution in [0.15, 0.2) is 35.7 Å². The van der Waals surface area contributed by atoms with Crippen molar-refractivity contribution in [1.29, 1.82) is 5.26 Å². The number of nitrogens with zero attached hydrogens (tertiary/aromatic N) is 2. The number of nitrogens with two attached hydrogens (primary N) is 1. The largest absolute Gasteiger partial charge is 0.491 e. The van der Waals surface area contributed by atoms with E-state index in [1.54, 1.807) is 0 Å². The summed E-state index contributed by atoms with van der Waals surface area (Å²) in [6, 6.07) is 9.51. The number of methoxy groups -OCH3 is 1. The van der Waals surface area contributed by atoms with Gasteiger partial charge in [0, 0.05) is 5.56 Å². The second kappa shape index (κ2) is 7.41. The van der Waals surface area contributed by atoms with Crippen molar-refractivity contribution in [2.75, 3.05) is 7.11 Å². The first kappa shape index (κ1) is 18.3. The Balaban J connectivity index is 2.19. The van der Waals surface area contributed by atoms with Gasteiger partial charge in [-0.2, -0.15) is 5.26 Å². The number of fused-ring (bicyclic) bond motifs is 1. The number of ether oxygens (including phenoxy) is 3. The fraction of sp³-hybridized carbons (Fsp3) is 0.316. The zero-order valence-corrected chi connectivity index (χ0v) is 15.3. The summed E-state index contributed by atoms with van der Waals surface area (Å²) in [5, 5.41) is 16.6. The second-order valence-electron chi connectivity index (χ2n) is 6.30. The van der Waals surface area contributed by atoms with E-state index in [9.17, 15) is 10.1 Å². The average molecular weight is 368 g/mol. The van der Waals surface area contributed by atoms with Crippen LogP contribution in [0.3, 0.4) is 0 Å². The van der Waals surface area contributed by atoms with Crippen LogP contribution in [0.2, 0.25) is 0 Å². The summed E-state index contributed by atoms with van der Waals surface area (Å²) in [6.07, 6.45) is -0.0963. The van der Waals surface area contributed by atoms with Crippen LogP contribution in [0.5, 0.6) is 11.6 Å². The molecule has 0 unspecified atom stereocenters. The van der Waals surface area contributed by atoms with Crippen molar-refractivity contribution in [2.45, 2.75) is 32.3 Å². The van der Waals surface area contributed by atoms with Gasteiger partial charge in [0.1, 0.15) is 17.4 Å². The molecule has 0 spiro atoms. The van der Waals surface area contributed by atoms with Crippen LogP contribution < -0.4 is 15.2 Å². The van der Waals surface area contributed by atoms with Crippen molar-refractivity contribution >= 4 is 5.97 Å². The van der Waals surface area contributed by atoms with Crippen molar-refractivity contribution in [1.82, 2.24) is 10.2 Å². The summed E-state index contributed by atoms with van der Waals surface area (Å²) in [6.45, 7) is 3.84. The van der Waals surface area contributed by atoms with Crippen molar-refractivity contribution in [3.63, 3.8) is 0 Å². The lowest BCUT2D eigenvalue weighted by Crippen LogP contribution is -2.22. The summed E-state index contributed by atoms with van der Waals surface area (Å²) in [5.74, 6) is -0.184. The highest BCUT2D eigenvalue weighted by Crippen LogP contribution is 2.45. The standard InChI is InChI=1S/C19H20N4O4/c1-10(2)26-14-7-5-4-6-11(14)16-12(9-20)18(21)27-19-17(16)13(22-23-19)8-15(24)25-3/h4-7,10,16H,8,21H2,1-3H3,(H,22,23)/t16-/m0/s1. The summed E-state index contributed by atoms with van der Waals surface area (Å²) in [7, 11) is 1.31. The molecule has 0 bridgehead atoms. The number of hydrogen-bond acceptors (Lipinski definition) is 7. The topological polar surface area (TPSA) is 123 Å². The lowest BCUT2D eigenvalue weighted by atomic mass is 9.83. The van der Waals surface area contributed by atoms with Crippen LogP contribution in [0.1, 0.15) is 36.6 Å². The van der Waals surface area contributed by atoms with E-state index in [1.807, 2.05) is 38.1 Å². The lowest BCUT2D eigenvalue weighted by molar-refractivity contribution is -0.139. The molecule has 1 atom stereocenters. The summed E-state index contributed by atoms with van der Waals surface area (Å²) >= 11 is 0. The molecular weight excluding hydrogens is 348 g/mol. The average Bonchev–Trinajstić information content (AvgIpc) is 3.02. The molecule has 1 aromatic heterocycles. The molecule has 0 saturated heterocycles. The molecule has 1 aliphatic rings. The summed E-state index contributed by atoms with van der Waals surface area (Å²) in [4.78, 5) is 11.8. The van der Waals surface area contributed by atoms with Gasteiger partial charge < -0.3 is 19.9 Å². The normalized spacial score (nSPS) is 15.7. The third kappa shape index (κ3) is 3.44. The van der Waals surface area contributed by atoms with Gasteiger partial charge in [-0.25, -0.2) is 0 Å². The molecule has 8 nitrogen and oxygen atoms in total. The first-order valence-electron chi connectivity index (χ1n) is 8.43. The Morgan fingerprint density at radius 2 is 2.19 bits per heavy atom. The fourth-order valence-corrected chi connectivity index (χ4v) is 3.05. The van der Waals surface area contributed by atoms with Gasteiger partial charge in [0.15, 0.2) is 0 Å². The van der Waals surface area contributed by atoms with Crippen molar-refractivity contribution in [3.05, 3.63) is 52.5 Å². The summed E-state index contributed by atoms with van der Waals surface area (Å²) in [5.41, 5.74) is 8.01. The number of carbonyl (C=O) groups excluding carboxylic acids is 1. The van der Waals surface area contributed by atoms with E-state index < -0.39 is 11.9 Å². The Kier molecular flexibility index (Phi) is 5.03. The molecule has 1 aromatic carbocycles. The lowest BCUT2D eigenvalue weighted by Gasteiger charge is -2.26. The van der Waals surface area contributed by atoms with Gasteiger partial charge in [-0.3, -0.25) is 9.89 Å². The van der Waals surface area contributed by atoms with E-state index in [0.29, 0.717) is 17.0 Å². The number of hydrogen-bond donors (Lipinski definition) is 2. The number of allylic oxidation sites excluding steroid dienone is 1. The fourth-order valence-electron chi connectivity index (χ4n) is 3.05. The highest BCUT2D eigenvalue weighted by molar-refractivity contribution is 5.73. The van der Waals surface area contributed by atoms with Crippen LogP contribution in [-0.2, 0) is 16.0 Å². The Hall–Kier alpha value is -3.47. The molecule has 1 aliphatic heterocycles.